The highest BCUT2D eigenvalue weighted by atomic mass is 31.2. The highest BCUT2D eigenvalue weighted by molar-refractivity contribution is 7.47. The number of phosphoric acid groups is 1. The Labute approximate surface area is 266 Å². The van der Waals surface area contributed by atoms with E-state index in [1.54, 1.807) is 0 Å². The smallest absolute Gasteiger partial charge is 0.462 e. The van der Waals surface area contributed by atoms with Crippen LogP contribution in [0.25, 0.3) is 0 Å². The van der Waals surface area contributed by atoms with Crippen molar-refractivity contribution in [1.29, 1.82) is 0 Å². The van der Waals surface area contributed by atoms with Crippen LogP contribution in [0, 0.1) is 0 Å². The van der Waals surface area contributed by atoms with Crippen molar-refractivity contribution < 1.29 is 47.8 Å². The van der Waals surface area contributed by atoms with Gasteiger partial charge in [-0.1, -0.05) is 109 Å². The van der Waals surface area contributed by atoms with Gasteiger partial charge in [-0.05, 0) is 38.5 Å². The molecule has 0 aromatic heterocycles. The predicted octanol–water partition coefficient (Wildman–Crippen LogP) is 7.72. The Hall–Kier alpha value is -1.29. The standard InChI is InChI=1S/C33H63O10P/c1-3-5-7-9-11-12-13-14-15-16-17-18-19-21-23-25-33(37)43-31(29-42-44(38,39)41-27-30(35)26-34)28-40-32(36)24-22-20-10-8-6-4-2/h14-15,30-31,34-35H,3-13,16-29H2,1-2H3,(H,38,39)/b15-14-. The first-order valence-electron chi connectivity index (χ1n) is 17.1. The van der Waals surface area contributed by atoms with Crippen LogP contribution < -0.4 is 0 Å². The fourth-order valence-corrected chi connectivity index (χ4v) is 5.25. The van der Waals surface area contributed by atoms with Gasteiger partial charge in [0.15, 0.2) is 6.10 Å². The van der Waals surface area contributed by atoms with E-state index in [0.29, 0.717) is 12.8 Å². The topological polar surface area (TPSA) is 149 Å². The average Bonchev–Trinajstić information content (AvgIpc) is 3.01. The van der Waals surface area contributed by atoms with Crippen molar-refractivity contribution in [2.75, 3.05) is 26.4 Å². The summed E-state index contributed by atoms with van der Waals surface area (Å²) < 4.78 is 32.3. The Morgan fingerprint density at radius 1 is 0.659 bits per heavy atom. The van der Waals surface area contributed by atoms with E-state index in [1.165, 1.54) is 44.9 Å². The first kappa shape index (κ1) is 42.7. The van der Waals surface area contributed by atoms with Gasteiger partial charge in [-0.2, -0.15) is 0 Å². The molecule has 0 aromatic rings. The summed E-state index contributed by atoms with van der Waals surface area (Å²) in [5, 5.41) is 18.2. The van der Waals surface area contributed by atoms with Gasteiger partial charge in [0, 0.05) is 12.8 Å². The van der Waals surface area contributed by atoms with Crippen molar-refractivity contribution in [3.05, 3.63) is 12.2 Å². The van der Waals surface area contributed by atoms with Crippen LogP contribution in [0.2, 0.25) is 0 Å². The van der Waals surface area contributed by atoms with Gasteiger partial charge in [-0.25, -0.2) is 4.57 Å². The van der Waals surface area contributed by atoms with E-state index in [2.05, 4.69) is 30.5 Å². The van der Waals surface area contributed by atoms with Gasteiger partial charge in [0.25, 0.3) is 0 Å². The molecule has 260 valence electrons. The minimum Gasteiger partial charge on any atom is -0.462 e. The van der Waals surface area contributed by atoms with Crippen LogP contribution in [0.5, 0.6) is 0 Å². The molecule has 0 rings (SSSR count). The van der Waals surface area contributed by atoms with Gasteiger partial charge in [-0.15, -0.1) is 0 Å². The van der Waals surface area contributed by atoms with Gasteiger partial charge in [0.2, 0.25) is 0 Å². The summed E-state index contributed by atoms with van der Waals surface area (Å²) >= 11 is 0. The third kappa shape index (κ3) is 29.4. The summed E-state index contributed by atoms with van der Waals surface area (Å²) in [6.07, 6.45) is 23.6. The van der Waals surface area contributed by atoms with E-state index in [-0.39, 0.29) is 19.4 Å². The largest absolute Gasteiger partial charge is 0.472 e. The quantitative estimate of drug-likeness (QED) is 0.0286. The Morgan fingerprint density at radius 3 is 1.64 bits per heavy atom. The second kappa shape index (κ2) is 30.4. The van der Waals surface area contributed by atoms with Crippen LogP contribution in [0.3, 0.4) is 0 Å². The van der Waals surface area contributed by atoms with Gasteiger partial charge < -0.3 is 24.6 Å². The molecule has 0 radical (unpaired) electrons. The maximum absolute atomic E-state index is 12.5. The summed E-state index contributed by atoms with van der Waals surface area (Å²) in [5.41, 5.74) is 0. The van der Waals surface area contributed by atoms with E-state index < -0.39 is 51.8 Å². The Bertz CT molecular complexity index is 761. The van der Waals surface area contributed by atoms with Crippen LogP contribution >= 0.6 is 7.82 Å². The first-order valence-corrected chi connectivity index (χ1v) is 18.6. The summed E-state index contributed by atoms with van der Waals surface area (Å²) in [7, 11) is -4.60. The number of hydrogen-bond donors (Lipinski definition) is 3. The van der Waals surface area contributed by atoms with Crippen LogP contribution in [0.15, 0.2) is 12.2 Å². The predicted molar refractivity (Wildman–Crippen MR) is 173 cm³/mol. The number of hydrogen-bond acceptors (Lipinski definition) is 9. The van der Waals surface area contributed by atoms with E-state index in [0.717, 1.165) is 64.2 Å². The lowest BCUT2D eigenvalue weighted by molar-refractivity contribution is -0.161. The Kier molecular flexibility index (Phi) is 29.5. The monoisotopic (exact) mass is 650 g/mol. The van der Waals surface area contributed by atoms with Crippen LogP contribution in [-0.2, 0) is 32.7 Å². The molecule has 10 nitrogen and oxygen atoms in total. The molecule has 0 saturated heterocycles. The molecular formula is C33H63O10P. The summed E-state index contributed by atoms with van der Waals surface area (Å²) in [4.78, 5) is 34.5. The summed E-state index contributed by atoms with van der Waals surface area (Å²) in [6, 6.07) is 0. The number of esters is 2. The summed E-state index contributed by atoms with van der Waals surface area (Å²) in [5.74, 6) is -0.944. The van der Waals surface area contributed by atoms with Gasteiger partial charge in [-0.3, -0.25) is 18.6 Å². The Balaban J connectivity index is 4.36. The number of allylic oxidation sites excluding steroid dienone is 2. The van der Waals surface area contributed by atoms with Crippen LogP contribution in [0.4, 0.5) is 0 Å². The SMILES string of the molecule is CCCCCCCC/C=C\CCCCCCCC(=O)OC(COC(=O)CCCCCCCC)COP(=O)(O)OCC(O)CO. The molecule has 0 heterocycles. The maximum atomic E-state index is 12.5. The number of aliphatic hydroxyl groups is 2. The number of rotatable bonds is 32. The molecule has 3 atom stereocenters. The lowest BCUT2D eigenvalue weighted by Gasteiger charge is -2.20. The highest BCUT2D eigenvalue weighted by Crippen LogP contribution is 2.43. The number of aliphatic hydroxyl groups excluding tert-OH is 2. The van der Waals surface area contributed by atoms with Gasteiger partial charge in [0.1, 0.15) is 12.7 Å². The molecule has 0 spiro atoms. The molecule has 0 amide bonds. The normalized spacial score (nSPS) is 14.4. The highest BCUT2D eigenvalue weighted by Gasteiger charge is 2.27. The molecule has 0 aliphatic heterocycles. The van der Waals surface area contributed by atoms with E-state index in [9.17, 15) is 24.2 Å². The third-order valence-corrected chi connectivity index (χ3v) is 8.12. The molecule has 0 aliphatic rings. The molecule has 3 unspecified atom stereocenters. The molecule has 0 bridgehead atoms. The molecular weight excluding hydrogens is 587 g/mol. The molecule has 3 N–H and O–H groups in total. The van der Waals surface area contributed by atoms with Crippen molar-refractivity contribution in [2.24, 2.45) is 0 Å². The van der Waals surface area contributed by atoms with Crippen molar-refractivity contribution in [3.63, 3.8) is 0 Å². The third-order valence-electron chi connectivity index (χ3n) is 7.17. The summed E-state index contributed by atoms with van der Waals surface area (Å²) in [6.45, 7) is 2.27. The number of carbonyl (C=O) groups is 2. The van der Waals surface area contributed by atoms with Crippen molar-refractivity contribution in [2.45, 2.75) is 161 Å². The zero-order chi connectivity index (χ0) is 32.7. The van der Waals surface area contributed by atoms with Crippen molar-refractivity contribution >= 4 is 19.8 Å². The zero-order valence-electron chi connectivity index (χ0n) is 27.6. The van der Waals surface area contributed by atoms with Gasteiger partial charge >= 0.3 is 19.8 Å². The fraction of sp³-hybridized carbons (Fsp3) is 0.879. The van der Waals surface area contributed by atoms with E-state index in [1.807, 2.05) is 0 Å². The molecule has 0 saturated carbocycles. The first-order chi connectivity index (χ1) is 21.2. The second-order valence-corrected chi connectivity index (χ2v) is 13.0. The van der Waals surface area contributed by atoms with E-state index in [4.69, 9.17) is 19.1 Å². The molecule has 44 heavy (non-hydrogen) atoms. The number of phosphoric ester groups is 1. The van der Waals surface area contributed by atoms with Gasteiger partial charge in [0.05, 0.1) is 19.8 Å². The van der Waals surface area contributed by atoms with Crippen molar-refractivity contribution in [1.82, 2.24) is 0 Å². The number of carbonyl (C=O) groups excluding carboxylic acids is 2. The van der Waals surface area contributed by atoms with Crippen LogP contribution in [0.1, 0.15) is 149 Å². The van der Waals surface area contributed by atoms with E-state index >= 15 is 0 Å². The maximum Gasteiger partial charge on any atom is 0.472 e. The second-order valence-electron chi connectivity index (χ2n) is 11.5. The lowest BCUT2D eigenvalue weighted by Crippen LogP contribution is -2.29. The fourth-order valence-electron chi connectivity index (χ4n) is 4.46. The molecule has 0 aliphatic carbocycles. The molecule has 0 aromatic carbocycles. The van der Waals surface area contributed by atoms with Crippen molar-refractivity contribution in [3.8, 4) is 0 Å². The average molecular weight is 651 g/mol. The number of ether oxygens (including phenoxy) is 2. The molecule has 11 heteroatoms. The lowest BCUT2D eigenvalue weighted by atomic mass is 10.1. The zero-order valence-corrected chi connectivity index (χ0v) is 28.5. The number of unbranched alkanes of at least 4 members (excludes halogenated alkanes) is 16. The molecule has 0 fully saturated rings. The minimum absolute atomic E-state index is 0.177. The minimum atomic E-state index is -4.60. The Morgan fingerprint density at radius 2 is 1.11 bits per heavy atom. The van der Waals surface area contributed by atoms with Crippen LogP contribution in [-0.4, -0.2) is 65.7 Å².